The number of hydrogen-bond acceptors (Lipinski definition) is 4. The average Bonchev–Trinajstić information content (AvgIpc) is 3.09. The summed E-state index contributed by atoms with van der Waals surface area (Å²) in [6.45, 7) is 5.56. The number of carbonyl (C=O) groups excluding carboxylic acids is 1. The summed E-state index contributed by atoms with van der Waals surface area (Å²) in [6.07, 6.45) is 4.27. The summed E-state index contributed by atoms with van der Waals surface area (Å²) in [5.74, 6) is -0.0120. The molecule has 5 heteroatoms. The molecule has 1 N–H and O–H groups in total. The number of amides is 1. The van der Waals surface area contributed by atoms with E-state index in [9.17, 15) is 4.79 Å². The molecule has 0 saturated carbocycles. The minimum Gasteiger partial charge on any atom is -0.376 e. The van der Waals surface area contributed by atoms with Gasteiger partial charge < -0.3 is 19.7 Å². The fourth-order valence-corrected chi connectivity index (χ4v) is 3.43. The third-order valence-electron chi connectivity index (χ3n) is 4.79. The summed E-state index contributed by atoms with van der Waals surface area (Å²) in [4.78, 5) is 14.4. The molecule has 1 amide bonds. The fraction of sp³-hybridized carbons (Fsp3) is 0.632. The molecule has 0 bridgehead atoms. The van der Waals surface area contributed by atoms with Crippen LogP contribution in [0.5, 0.6) is 0 Å². The number of piperidine rings is 1. The van der Waals surface area contributed by atoms with Gasteiger partial charge in [0.05, 0.1) is 12.7 Å². The SMILES string of the molecule is Cc1cccc(N2CCC(NC(=O)COC[C@H]3CCCO3)CC2)c1. The van der Waals surface area contributed by atoms with Gasteiger partial charge in [0.1, 0.15) is 6.61 Å². The molecular formula is C19H28N2O3. The summed E-state index contributed by atoms with van der Waals surface area (Å²) in [5.41, 5.74) is 2.56. The Morgan fingerprint density at radius 3 is 2.88 bits per heavy atom. The Hall–Kier alpha value is -1.59. The van der Waals surface area contributed by atoms with E-state index in [-0.39, 0.29) is 24.7 Å². The standard InChI is InChI=1S/C19H28N2O3/c1-15-4-2-5-17(12-15)21-9-7-16(8-10-21)20-19(22)14-23-13-18-6-3-11-24-18/h2,4-5,12,16,18H,3,6-11,13-14H2,1H3,(H,20,22)/t18-/m1/s1. The number of nitrogens with zero attached hydrogens (tertiary/aromatic N) is 1. The van der Waals surface area contributed by atoms with Crippen molar-refractivity contribution in [2.24, 2.45) is 0 Å². The highest BCUT2D eigenvalue weighted by molar-refractivity contribution is 5.77. The third kappa shape index (κ3) is 4.95. The van der Waals surface area contributed by atoms with E-state index in [0.717, 1.165) is 45.4 Å². The van der Waals surface area contributed by atoms with E-state index in [1.165, 1.54) is 11.3 Å². The summed E-state index contributed by atoms with van der Waals surface area (Å²) < 4.78 is 11.0. The quantitative estimate of drug-likeness (QED) is 0.868. The minimum absolute atomic E-state index is 0.0120. The second kappa shape index (κ2) is 8.49. The van der Waals surface area contributed by atoms with Gasteiger partial charge in [-0.25, -0.2) is 0 Å². The molecule has 0 radical (unpaired) electrons. The number of rotatable bonds is 6. The third-order valence-corrected chi connectivity index (χ3v) is 4.79. The molecule has 24 heavy (non-hydrogen) atoms. The molecule has 2 saturated heterocycles. The fourth-order valence-electron chi connectivity index (χ4n) is 3.43. The van der Waals surface area contributed by atoms with Crippen molar-refractivity contribution in [3.05, 3.63) is 29.8 Å². The maximum Gasteiger partial charge on any atom is 0.246 e. The van der Waals surface area contributed by atoms with E-state index in [1.807, 2.05) is 0 Å². The lowest BCUT2D eigenvalue weighted by atomic mass is 10.0. The second-order valence-electron chi connectivity index (χ2n) is 6.82. The summed E-state index contributed by atoms with van der Waals surface area (Å²) in [7, 11) is 0. The zero-order chi connectivity index (χ0) is 16.8. The van der Waals surface area contributed by atoms with Crippen molar-refractivity contribution in [2.75, 3.05) is 37.8 Å². The number of ether oxygens (including phenoxy) is 2. The van der Waals surface area contributed by atoms with Gasteiger partial charge in [0.15, 0.2) is 0 Å². The lowest BCUT2D eigenvalue weighted by Crippen LogP contribution is -2.45. The van der Waals surface area contributed by atoms with Gasteiger partial charge in [-0.05, 0) is 50.3 Å². The molecule has 2 aliphatic rings. The largest absolute Gasteiger partial charge is 0.376 e. The Kier molecular flexibility index (Phi) is 6.10. The van der Waals surface area contributed by atoms with Gasteiger partial charge in [0, 0.05) is 31.4 Å². The van der Waals surface area contributed by atoms with Gasteiger partial charge in [-0.3, -0.25) is 4.79 Å². The van der Waals surface area contributed by atoms with Crippen LogP contribution in [0.25, 0.3) is 0 Å². The van der Waals surface area contributed by atoms with Crippen molar-refractivity contribution in [3.63, 3.8) is 0 Å². The van der Waals surface area contributed by atoms with E-state index >= 15 is 0 Å². The zero-order valence-electron chi connectivity index (χ0n) is 14.5. The molecule has 0 unspecified atom stereocenters. The lowest BCUT2D eigenvalue weighted by molar-refractivity contribution is -0.127. The van der Waals surface area contributed by atoms with Crippen LogP contribution in [0.4, 0.5) is 5.69 Å². The van der Waals surface area contributed by atoms with Crippen molar-refractivity contribution in [2.45, 2.75) is 44.8 Å². The molecule has 1 aromatic carbocycles. The van der Waals surface area contributed by atoms with Crippen LogP contribution in [0.3, 0.4) is 0 Å². The van der Waals surface area contributed by atoms with E-state index < -0.39 is 0 Å². The van der Waals surface area contributed by atoms with Gasteiger partial charge in [0.2, 0.25) is 5.91 Å². The van der Waals surface area contributed by atoms with Gasteiger partial charge in [-0.1, -0.05) is 12.1 Å². The Labute approximate surface area is 144 Å². The Morgan fingerprint density at radius 2 is 2.17 bits per heavy atom. The highest BCUT2D eigenvalue weighted by Crippen LogP contribution is 2.21. The number of benzene rings is 1. The van der Waals surface area contributed by atoms with Gasteiger partial charge in [-0.2, -0.15) is 0 Å². The first kappa shape index (κ1) is 17.2. The van der Waals surface area contributed by atoms with Crippen LogP contribution in [0.15, 0.2) is 24.3 Å². The van der Waals surface area contributed by atoms with Crippen LogP contribution >= 0.6 is 0 Å². The van der Waals surface area contributed by atoms with E-state index in [1.54, 1.807) is 0 Å². The first-order valence-electron chi connectivity index (χ1n) is 9.01. The number of hydrogen-bond donors (Lipinski definition) is 1. The monoisotopic (exact) mass is 332 g/mol. The average molecular weight is 332 g/mol. The van der Waals surface area contributed by atoms with Crippen LogP contribution in [0.1, 0.15) is 31.2 Å². The van der Waals surface area contributed by atoms with Crippen LogP contribution in [-0.4, -0.2) is 51.0 Å². The smallest absolute Gasteiger partial charge is 0.246 e. The molecule has 1 atom stereocenters. The van der Waals surface area contributed by atoms with Crippen LogP contribution in [-0.2, 0) is 14.3 Å². The first-order valence-corrected chi connectivity index (χ1v) is 9.01. The topological polar surface area (TPSA) is 50.8 Å². The molecule has 1 aromatic rings. The Balaban J connectivity index is 1.35. The lowest BCUT2D eigenvalue weighted by Gasteiger charge is -2.34. The maximum absolute atomic E-state index is 12.0. The molecule has 0 spiro atoms. The first-order chi connectivity index (χ1) is 11.7. The molecule has 3 rings (SSSR count). The van der Waals surface area contributed by atoms with Gasteiger partial charge in [0.25, 0.3) is 0 Å². The maximum atomic E-state index is 12.0. The predicted molar refractivity (Wildman–Crippen MR) is 94.3 cm³/mol. The van der Waals surface area contributed by atoms with Crippen LogP contribution in [0.2, 0.25) is 0 Å². The minimum atomic E-state index is -0.0120. The molecule has 0 aromatic heterocycles. The second-order valence-corrected chi connectivity index (χ2v) is 6.82. The van der Waals surface area contributed by atoms with E-state index in [4.69, 9.17) is 9.47 Å². The van der Waals surface area contributed by atoms with Crippen molar-refractivity contribution in [1.29, 1.82) is 0 Å². The number of anilines is 1. The van der Waals surface area contributed by atoms with Crippen LogP contribution in [0, 0.1) is 6.92 Å². The number of nitrogens with one attached hydrogen (secondary N) is 1. The van der Waals surface area contributed by atoms with Gasteiger partial charge in [-0.15, -0.1) is 0 Å². The molecule has 132 valence electrons. The van der Waals surface area contributed by atoms with E-state index in [0.29, 0.717) is 6.61 Å². The Morgan fingerprint density at radius 1 is 1.33 bits per heavy atom. The predicted octanol–water partition coefficient (Wildman–Crippen LogP) is 2.28. The normalized spacial score (nSPS) is 21.9. The van der Waals surface area contributed by atoms with E-state index in [2.05, 4.69) is 41.4 Å². The number of carbonyl (C=O) groups is 1. The molecular weight excluding hydrogens is 304 g/mol. The van der Waals surface area contributed by atoms with Crippen molar-refractivity contribution < 1.29 is 14.3 Å². The highest BCUT2D eigenvalue weighted by Gasteiger charge is 2.21. The molecule has 2 aliphatic heterocycles. The highest BCUT2D eigenvalue weighted by atomic mass is 16.5. The zero-order valence-corrected chi connectivity index (χ0v) is 14.5. The number of aryl methyl sites for hydroxylation is 1. The Bertz CT molecular complexity index is 535. The van der Waals surface area contributed by atoms with Crippen LogP contribution < -0.4 is 10.2 Å². The summed E-state index contributed by atoms with van der Waals surface area (Å²) in [6, 6.07) is 8.85. The summed E-state index contributed by atoms with van der Waals surface area (Å²) in [5, 5.41) is 3.10. The van der Waals surface area contributed by atoms with Gasteiger partial charge >= 0.3 is 0 Å². The molecule has 2 heterocycles. The molecule has 0 aliphatic carbocycles. The van der Waals surface area contributed by atoms with Crippen molar-refractivity contribution >= 4 is 11.6 Å². The van der Waals surface area contributed by atoms with Crippen molar-refractivity contribution in [3.8, 4) is 0 Å². The molecule has 5 nitrogen and oxygen atoms in total. The molecule has 2 fully saturated rings. The van der Waals surface area contributed by atoms with Crippen molar-refractivity contribution in [1.82, 2.24) is 5.32 Å². The summed E-state index contributed by atoms with van der Waals surface area (Å²) >= 11 is 0.